The van der Waals surface area contributed by atoms with Crippen LogP contribution in [0.25, 0.3) is 11.3 Å². The van der Waals surface area contributed by atoms with Crippen LogP contribution in [0.3, 0.4) is 0 Å². The molecule has 1 N–H and O–H groups in total. The molecule has 3 nitrogen and oxygen atoms in total. The Kier molecular flexibility index (Phi) is 5.50. The number of halogens is 1. The van der Waals surface area contributed by atoms with E-state index in [-0.39, 0.29) is 11.4 Å². The molecule has 118 valence electrons. The second-order valence-corrected chi connectivity index (χ2v) is 5.74. The minimum atomic E-state index is -0.272. The standard InChI is InChI=1S/C18H23FN2O/c1-4-11-21-17(14-5-8-16(19)9-6-14)10-7-15(18(21)22)12-20-13(2)3/h5-10,13,20H,4,11-12H2,1-3H3. The summed E-state index contributed by atoms with van der Waals surface area (Å²) < 4.78 is 14.9. The summed E-state index contributed by atoms with van der Waals surface area (Å²) in [5, 5.41) is 3.28. The molecule has 0 aliphatic carbocycles. The van der Waals surface area contributed by atoms with Gasteiger partial charge in [0.05, 0.1) is 5.69 Å². The molecule has 1 heterocycles. The summed E-state index contributed by atoms with van der Waals surface area (Å²) in [5.74, 6) is -0.272. The Balaban J connectivity index is 2.44. The van der Waals surface area contributed by atoms with Gasteiger partial charge in [-0.25, -0.2) is 4.39 Å². The van der Waals surface area contributed by atoms with Crippen LogP contribution in [0.15, 0.2) is 41.2 Å². The lowest BCUT2D eigenvalue weighted by atomic mass is 10.1. The van der Waals surface area contributed by atoms with Gasteiger partial charge in [0.25, 0.3) is 5.56 Å². The smallest absolute Gasteiger partial charge is 0.255 e. The largest absolute Gasteiger partial charge is 0.310 e. The van der Waals surface area contributed by atoms with Crippen LogP contribution in [-0.2, 0) is 13.1 Å². The Hall–Kier alpha value is -1.94. The Morgan fingerprint density at radius 1 is 1.14 bits per heavy atom. The number of hydrogen-bond acceptors (Lipinski definition) is 2. The first-order valence-electron chi connectivity index (χ1n) is 7.75. The fourth-order valence-corrected chi connectivity index (χ4v) is 2.39. The molecule has 0 amide bonds. The Morgan fingerprint density at radius 3 is 2.41 bits per heavy atom. The normalized spacial score (nSPS) is 11.1. The molecule has 0 aliphatic rings. The van der Waals surface area contributed by atoms with Crippen molar-refractivity contribution in [3.05, 3.63) is 58.1 Å². The summed E-state index contributed by atoms with van der Waals surface area (Å²) in [6.45, 7) is 7.36. The van der Waals surface area contributed by atoms with Crippen LogP contribution in [0.1, 0.15) is 32.8 Å². The Bertz CT molecular complexity index is 674. The summed E-state index contributed by atoms with van der Waals surface area (Å²) in [4.78, 5) is 12.7. The monoisotopic (exact) mass is 302 g/mol. The molecule has 0 bridgehead atoms. The molecule has 0 unspecified atom stereocenters. The third kappa shape index (κ3) is 3.83. The van der Waals surface area contributed by atoms with Gasteiger partial charge >= 0.3 is 0 Å². The SMILES string of the molecule is CCCn1c(-c2ccc(F)cc2)ccc(CNC(C)C)c1=O. The molecule has 0 atom stereocenters. The van der Waals surface area contributed by atoms with E-state index >= 15 is 0 Å². The summed E-state index contributed by atoms with van der Waals surface area (Å²) >= 11 is 0. The van der Waals surface area contributed by atoms with Crippen molar-refractivity contribution >= 4 is 0 Å². The minimum Gasteiger partial charge on any atom is -0.310 e. The van der Waals surface area contributed by atoms with Crippen LogP contribution in [-0.4, -0.2) is 10.6 Å². The first-order valence-corrected chi connectivity index (χ1v) is 7.75. The molecule has 4 heteroatoms. The molecule has 22 heavy (non-hydrogen) atoms. The molecule has 1 aromatic heterocycles. The number of nitrogens with zero attached hydrogens (tertiary/aromatic N) is 1. The fourth-order valence-electron chi connectivity index (χ4n) is 2.39. The van der Waals surface area contributed by atoms with Gasteiger partial charge in [-0.1, -0.05) is 26.8 Å². The Labute approximate surface area is 130 Å². The van der Waals surface area contributed by atoms with E-state index in [1.807, 2.05) is 19.1 Å². The second-order valence-electron chi connectivity index (χ2n) is 5.74. The first kappa shape index (κ1) is 16.4. The van der Waals surface area contributed by atoms with Gasteiger partial charge in [0, 0.05) is 24.7 Å². The maximum atomic E-state index is 13.1. The highest BCUT2D eigenvalue weighted by atomic mass is 19.1. The van der Waals surface area contributed by atoms with Crippen molar-refractivity contribution in [3.63, 3.8) is 0 Å². The average molecular weight is 302 g/mol. The third-order valence-corrected chi connectivity index (χ3v) is 3.54. The lowest BCUT2D eigenvalue weighted by Crippen LogP contribution is -2.30. The van der Waals surface area contributed by atoms with Crippen LogP contribution >= 0.6 is 0 Å². The molecule has 0 saturated heterocycles. The minimum absolute atomic E-state index is 0.0248. The first-order chi connectivity index (χ1) is 10.5. The van der Waals surface area contributed by atoms with Gasteiger partial charge in [-0.2, -0.15) is 0 Å². The van der Waals surface area contributed by atoms with E-state index in [9.17, 15) is 9.18 Å². The van der Waals surface area contributed by atoms with Gasteiger partial charge in [-0.05, 0) is 42.3 Å². The number of hydrogen-bond donors (Lipinski definition) is 1. The van der Waals surface area contributed by atoms with Crippen LogP contribution in [0.4, 0.5) is 4.39 Å². The predicted molar refractivity (Wildman–Crippen MR) is 88.4 cm³/mol. The Morgan fingerprint density at radius 2 is 1.82 bits per heavy atom. The summed E-state index contributed by atoms with van der Waals surface area (Å²) in [6, 6.07) is 10.4. The van der Waals surface area contributed by atoms with Crippen LogP contribution in [0, 0.1) is 5.82 Å². The van der Waals surface area contributed by atoms with Gasteiger partial charge < -0.3 is 9.88 Å². The number of aromatic nitrogens is 1. The lowest BCUT2D eigenvalue weighted by molar-refractivity contribution is 0.576. The zero-order chi connectivity index (χ0) is 16.1. The highest BCUT2D eigenvalue weighted by Crippen LogP contribution is 2.19. The summed E-state index contributed by atoms with van der Waals surface area (Å²) in [5.41, 5.74) is 2.47. The maximum Gasteiger partial charge on any atom is 0.255 e. The molecule has 0 spiro atoms. The van der Waals surface area contributed by atoms with Crippen molar-refractivity contribution in [1.82, 2.24) is 9.88 Å². The maximum absolute atomic E-state index is 13.1. The van der Waals surface area contributed by atoms with Crippen molar-refractivity contribution in [2.24, 2.45) is 0 Å². The van der Waals surface area contributed by atoms with E-state index in [0.717, 1.165) is 23.2 Å². The summed E-state index contributed by atoms with van der Waals surface area (Å²) in [7, 11) is 0. The van der Waals surface area contributed by atoms with Crippen LogP contribution in [0.5, 0.6) is 0 Å². The third-order valence-electron chi connectivity index (χ3n) is 3.54. The summed E-state index contributed by atoms with van der Waals surface area (Å²) in [6.07, 6.45) is 0.870. The van der Waals surface area contributed by atoms with Crippen molar-refractivity contribution < 1.29 is 4.39 Å². The van der Waals surface area contributed by atoms with Crippen molar-refractivity contribution in [1.29, 1.82) is 0 Å². The molecular formula is C18H23FN2O. The van der Waals surface area contributed by atoms with Crippen LogP contribution in [0.2, 0.25) is 0 Å². The van der Waals surface area contributed by atoms with E-state index < -0.39 is 0 Å². The van der Waals surface area contributed by atoms with Crippen LogP contribution < -0.4 is 10.9 Å². The molecular weight excluding hydrogens is 279 g/mol. The van der Waals surface area contributed by atoms with E-state index in [4.69, 9.17) is 0 Å². The van der Waals surface area contributed by atoms with Gasteiger partial charge in [0.1, 0.15) is 5.82 Å². The number of pyridine rings is 1. The zero-order valence-corrected chi connectivity index (χ0v) is 13.4. The topological polar surface area (TPSA) is 34.0 Å². The highest BCUT2D eigenvalue weighted by molar-refractivity contribution is 5.59. The number of rotatable bonds is 6. The highest BCUT2D eigenvalue weighted by Gasteiger charge is 2.10. The molecule has 0 fully saturated rings. The van der Waals surface area contributed by atoms with E-state index in [2.05, 4.69) is 19.2 Å². The van der Waals surface area contributed by atoms with Crippen molar-refractivity contribution in [3.8, 4) is 11.3 Å². The van der Waals surface area contributed by atoms with Crippen molar-refractivity contribution in [2.75, 3.05) is 0 Å². The fraction of sp³-hybridized carbons (Fsp3) is 0.389. The van der Waals surface area contributed by atoms with Gasteiger partial charge in [-0.15, -0.1) is 0 Å². The molecule has 0 saturated carbocycles. The lowest BCUT2D eigenvalue weighted by Gasteiger charge is -2.15. The number of benzene rings is 1. The second kappa shape index (κ2) is 7.36. The number of nitrogens with one attached hydrogen (secondary N) is 1. The average Bonchev–Trinajstić information content (AvgIpc) is 2.49. The van der Waals surface area contributed by atoms with Gasteiger partial charge in [-0.3, -0.25) is 4.79 Å². The van der Waals surface area contributed by atoms with E-state index in [1.54, 1.807) is 16.7 Å². The molecule has 2 aromatic rings. The predicted octanol–water partition coefficient (Wildman–Crippen LogP) is 3.56. The van der Waals surface area contributed by atoms with Gasteiger partial charge in [0.2, 0.25) is 0 Å². The molecule has 2 rings (SSSR count). The van der Waals surface area contributed by atoms with Crippen molar-refractivity contribution in [2.45, 2.75) is 46.3 Å². The van der Waals surface area contributed by atoms with Gasteiger partial charge in [0.15, 0.2) is 0 Å². The zero-order valence-electron chi connectivity index (χ0n) is 13.4. The van der Waals surface area contributed by atoms with E-state index in [1.165, 1.54) is 12.1 Å². The molecule has 1 aromatic carbocycles. The molecule has 0 aliphatic heterocycles. The molecule has 0 radical (unpaired) electrons. The quantitative estimate of drug-likeness (QED) is 0.885. The van der Waals surface area contributed by atoms with E-state index in [0.29, 0.717) is 19.1 Å².